The largest absolute Gasteiger partial charge is 0.493 e. The van der Waals surface area contributed by atoms with Gasteiger partial charge in [-0.3, -0.25) is 4.79 Å². The van der Waals surface area contributed by atoms with Crippen LogP contribution in [0.3, 0.4) is 0 Å². The van der Waals surface area contributed by atoms with E-state index in [0.717, 1.165) is 41.2 Å². The third-order valence-electron chi connectivity index (χ3n) is 5.97. The summed E-state index contributed by atoms with van der Waals surface area (Å²) in [7, 11) is 1.66. The molecule has 1 aromatic heterocycles. The van der Waals surface area contributed by atoms with Crippen LogP contribution in [0.1, 0.15) is 49.1 Å². The number of amides is 1. The Labute approximate surface area is 175 Å². The molecule has 0 radical (unpaired) electrons. The smallest absolute Gasteiger partial charge is 0.226 e. The third kappa shape index (κ3) is 3.54. The molecule has 1 aliphatic heterocycles. The van der Waals surface area contributed by atoms with E-state index in [0.29, 0.717) is 12.2 Å². The average Bonchev–Trinajstić information content (AvgIpc) is 3.43. The highest BCUT2D eigenvalue weighted by Gasteiger charge is 2.30. The van der Waals surface area contributed by atoms with E-state index in [1.807, 2.05) is 59.4 Å². The highest BCUT2D eigenvalue weighted by atomic mass is 16.5. The van der Waals surface area contributed by atoms with Gasteiger partial charge in [0.15, 0.2) is 17.3 Å². The van der Waals surface area contributed by atoms with E-state index in [2.05, 4.69) is 10.4 Å². The highest BCUT2D eigenvalue weighted by Crippen LogP contribution is 2.41. The van der Waals surface area contributed by atoms with Gasteiger partial charge in [0.1, 0.15) is 0 Å². The summed E-state index contributed by atoms with van der Waals surface area (Å²) in [6, 6.07) is 15.9. The van der Waals surface area contributed by atoms with Crippen LogP contribution in [0.25, 0.3) is 5.69 Å². The van der Waals surface area contributed by atoms with Gasteiger partial charge in [0.2, 0.25) is 5.91 Å². The topological polar surface area (TPSA) is 65.4 Å². The Hall–Kier alpha value is -3.28. The molecule has 6 heteroatoms. The van der Waals surface area contributed by atoms with Gasteiger partial charge in [-0.05, 0) is 55.5 Å². The number of nitrogens with one attached hydrogen (secondary N) is 1. The number of fused-ring (bicyclic) bond motifs is 1. The van der Waals surface area contributed by atoms with Crippen LogP contribution in [-0.4, -0.2) is 28.9 Å². The van der Waals surface area contributed by atoms with Crippen molar-refractivity contribution in [2.24, 2.45) is 0 Å². The van der Waals surface area contributed by atoms with E-state index in [1.165, 1.54) is 12.8 Å². The number of carbonyl (C=O) groups is 1. The first-order chi connectivity index (χ1) is 14.7. The molecule has 5 rings (SSSR count). The van der Waals surface area contributed by atoms with Gasteiger partial charge in [-0.15, -0.1) is 5.10 Å². The van der Waals surface area contributed by atoms with Crippen LogP contribution >= 0.6 is 0 Å². The molecule has 1 fully saturated rings. The van der Waals surface area contributed by atoms with Crippen LogP contribution in [0.2, 0.25) is 0 Å². The van der Waals surface area contributed by atoms with E-state index in [-0.39, 0.29) is 17.9 Å². The minimum absolute atomic E-state index is 0.0279. The van der Waals surface area contributed by atoms with E-state index in [9.17, 15) is 4.79 Å². The van der Waals surface area contributed by atoms with Crippen LogP contribution < -0.4 is 14.8 Å². The van der Waals surface area contributed by atoms with Gasteiger partial charge in [0.05, 0.1) is 18.9 Å². The molecule has 1 N–H and O–H groups in total. The first-order valence-electron chi connectivity index (χ1n) is 10.5. The van der Waals surface area contributed by atoms with Crippen LogP contribution in [0, 0.1) is 0 Å². The van der Waals surface area contributed by atoms with E-state index in [1.54, 1.807) is 7.11 Å². The Balaban J connectivity index is 1.51. The number of carbonyl (C=O) groups excluding carboxylic acids is 1. The Kier molecular flexibility index (Phi) is 4.91. The summed E-state index contributed by atoms with van der Waals surface area (Å²) in [5, 5.41) is 7.53. The summed E-state index contributed by atoms with van der Waals surface area (Å²) in [6.07, 6.45) is 7.19. The molecular formula is C24H25N3O3. The lowest BCUT2D eigenvalue weighted by Crippen LogP contribution is -2.23. The number of hydrogen-bond acceptors (Lipinski definition) is 4. The number of methoxy groups -OCH3 is 1. The van der Waals surface area contributed by atoms with E-state index in [4.69, 9.17) is 9.47 Å². The Bertz CT molecular complexity index is 1050. The maximum Gasteiger partial charge on any atom is 0.226 e. The molecule has 0 bridgehead atoms. The van der Waals surface area contributed by atoms with Crippen molar-refractivity contribution in [3.05, 3.63) is 65.9 Å². The second-order valence-electron chi connectivity index (χ2n) is 7.95. The van der Waals surface area contributed by atoms with E-state index < -0.39 is 0 Å². The van der Waals surface area contributed by atoms with Crippen molar-refractivity contribution in [3.8, 4) is 17.2 Å². The molecule has 1 saturated carbocycles. The molecule has 1 unspecified atom stereocenters. The van der Waals surface area contributed by atoms with Gasteiger partial charge in [0, 0.05) is 24.1 Å². The van der Waals surface area contributed by atoms with Crippen LogP contribution in [-0.2, 0) is 4.79 Å². The van der Waals surface area contributed by atoms with Crippen molar-refractivity contribution in [1.29, 1.82) is 0 Å². The summed E-state index contributed by atoms with van der Waals surface area (Å²) in [4.78, 5) is 12.4. The maximum atomic E-state index is 12.4. The number of aromatic nitrogens is 2. The van der Waals surface area contributed by atoms with Crippen molar-refractivity contribution in [2.75, 3.05) is 12.4 Å². The summed E-state index contributed by atoms with van der Waals surface area (Å²) in [6.45, 7) is 0. The lowest BCUT2D eigenvalue weighted by Gasteiger charge is -2.23. The van der Waals surface area contributed by atoms with Crippen molar-refractivity contribution in [3.63, 3.8) is 0 Å². The summed E-state index contributed by atoms with van der Waals surface area (Å²) >= 11 is 0. The first-order valence-corrected chi connectivity index (χ1v) is 10.5. The quantitative estimate of drug-likeness (QED) is 0.672. The summed E-state index contributed by atoms with van der Waals surface area (Å²) in [5.41, 5.74) is 3.00. The molecule has 2 heterocycles. The lowest BCUT2D eigenvalue weighted by molar-refractivity contribution is -0.116. The zero-order valence-corrected chi connectivity index (χ0v) is 17.0. The SMILES string of the molecule is COc1ccc(C2CC(=O)Nc3nn(-c4ccccc4)cc32)cc1OC1CCCC1. The Morgan fingerprint density at radius 3 is 2.63 bits per heavy atom. The predicted octanol–water partition coefficient (Wildman–Crippen LogP) is 4.68. The molecule has 6 nitrogen and oxygen atoms in total. The molecule has 0 spiro atoms. The Morgan fingerprint density at radius 2 is 1.87 bits per heavy atom. The van der Waals surface area contributed by atoms with Crippen molar-refractivity contribution >= 4 is 11.7 Å². The third-order valence-corrected chi connectivity index (χ3v) is 5.97. The van der Waals surface area contributed by atoms with E-state index >= 15 is 0 Å². The zero-order valence-electron chi connectivity index (χ0n) is 17.0. The fraction of sp³-hybridized carbons (Fsp3) is 0.333. The highest BCUT2D eigenvalue weighted by molar-refractivity contribution is 5.94. The monoisotopic (exact) mass is 403 g/mol. The van der Waals surface area contributed by atoms with Gasteiger partial charge in [0.25, 0.3) is 0 Å². The molecule has 154 valence electrons. The van der Waals surface area contributed by atoms with Crippen LogP contribution in [0.15, 0.2) is 54.7 Å². The second-order valence-corrected chi connectivity index (χ2v) is 7.95. The minimum Gasteiger partial charge on any atom is -0.493 e. The number of ether oxygens (including phenoxy) is 2. The molecule has 3 aromatic rings. The predicted molar refractivity (Wildman–Crippen MR) is 115 cm³/mol. The summed E-state index contributed by atoms with van der Waals surface area (Å²) in [5.74, 6) is 1.99. The van der Waals surface area contributed by atoms with Crippen molar-refractivity contribution in [1.82, 2.24) is 9.78 Å². The number of para-hydroxylation sites is 1. The normalized spacial score (nSPS) is 18.7. The summed E-state index contributed by atoms with van der Waals surface area (Å²) < 4.78 is 13.6. The fourth-order valence-electron chi connectivity index (χ4n) is 4.42. The number of rotatable bonds is 5. The molecule has 2 aliphatic rings. The second kappa shape index (κ2) is 7.86. The Morgan fingerprint density at radius 1 is 1.07 bits per heavy atom. The van der Waals surface area contributed by atoms with Crippen molar-refractivity contribution < 1.29 is 14.3 Å². The minimum atomic E-state index is -0.0805. The average molecular weight is 403 g/mol. The van der Waals surface area contributed by atoms with Crippen molar-refractivity contribution in [2.45, 2.75) is 44.1 Å². The van der Waals surface area contributed by atoms with Gasteiger partial charge in [-0.25, -0.2) is 4.68 Å². The molecule has 1 aliphatic carbocycles. The first kappa shape index (κ1) is 18.7. The number of anilines is 1. The molecular weight excluding hydrogens is 378 g/mol. The number of nitrogens with zero attached hydrogens (tertiary/aromatic N) is 2. The van der Waals surface area contributed by atoms with Gasteiger partial charge < -0.3 is 14.8 Å². The molecule has 1 atom stereocenters. The molecule has 1 amide bonds. The van der Waals surface area contributed by atoms with Crippen LogP contribution in [0.4, 0.5) is 5.82 Å². The fourth-order valence-corrected chi connectivity index (χ4v) is 4.42. The van der Waals surface area contributed by atoms with Gasteiger partial charge in [-0.1, -0.05) is 24.3 Å². The van der Waals surface area contributed by atoms with Gasteiger partial charge >= 0.3 is 0 Å². The molecule has 30 heavy (non-hydrogen) atoms. The molecule has 0 saturated heterocycles. The lowest BCUT2D eigenvalue weighted by atomic mass is 9.87. The molecule has 2 aromatic carbocycles. The number of benzene rings is 2. The standard InChI is InChI=1S/C24H25N3O3/c1-29-21-12-11-16(13-22(21)30-18-9-5-6-10-18)19-14-23(28)25-24-20(19)15-27(26-24)17-7-3-2-4-8-17/h2-4,7-8,11-13,15,18-19H,5-6,9-10,14H2,1H3,(H,25,26,28). The zero-order chi connectivity index (χ0) is 20.5. The van der Waals surface area contributed by atoms with Crippen LogP contribution in [0.5, 0.6) is 11.5 Å². The number of hydrogen-bond donors (Lipinski definition) is 1. The van der Waals surface area contributed by atoms with Gasteiger partial charge in [-0.2, -0.15) is 0 Å². The maximum absolute atomic E-state index is 12.4.